The van der Waals surface area contributed by atoms with Crippen LogP contribution in [-0.2, 0) is 92.7 Å². The van der Waals surface area contributed by atoms with E-state index in [1.54, 1.807) is 52.2 Å². The average Bonchev–Trinajstić information content (AvgIpc) is 1.63. The summed E-state index contributed by atoms with van der Waals surface area (Å²) >= 11 is 6.73. The summed E-state index contributed by atoms with van der Waals surface area (Å²) in [4.78, 5) is 123. The van der Waals surface area contributed by atoms with Crippen LogP contribution in [0.15, 0.2) is 90.2 Å². The number of ether oxygens (including phenoxy) is 6. The highest BCUT2D eigenvalue weighted by atomic mass is 35.5. The number of hydrogen-bond donors (Lipinski definition) is 8. The Hall–Kier alpha value is -11.1. The van der Waals surface area contributed by atoms with E-state index in [2.05, 4.69) is 97.2 Å². The van der Waals surface area contributed by atoms with Crippen molar-refractivity contribution >= 4 is 92.9 Å². The predicted molar refractivity (Wildman–Crippen MR) is 402 cm³/mol. The molecule has 1 saturated heterocycles. The van der Waals surface area contributed by atoms with Crippen LogP contribution in [0.4, 0.5) is 23.0 Å². The number of nitrogens with one attached hydrogen (secondary N) is 8. The highest BCUT2D eigenvalue weighted by molar-refractivity contribution is 6.32. The number of carbonyl (C=O) groups excluding carboxylic acids is 8. The first-order chi connectivity index (χ1) is 52.5. The number of hydrogen-bond acceptors (Lipinski definition) is 21. The maximum atomic E-state index is 13.3. The Morgan fingerprint density at radius 3 is 1.66 bits per heavy atom. The Labute approximate surface area is 633 Å². The fourth-order valence-electron chi connectivity index (χ4n) is 12.1. The van der Waals surface area contributed by atoms with Crippen molar-refractivity contribution in [2.24, 2.45) is 35.2 Å². The van der Waals surface area contributed by atoms with Crippen molar-refractivity contribution < 1.29 is 71.3 Å². The Morgan fingerprint density at radius 1 is 0.550 bits per heavy atom. The van der Waals surface area contributed by atoms with Crippen LogP contribution in [-0.4, -0.2) is 223 Å². The number of halogens is 1. The first-order valence-electron chi connectivity index (χ1n) is 35.7. The SMILES string of the molecule is Cc1noc(C)c1-c1ccc2c(c1)nc(CCc1ccc(OCCOCCOCCOCCOCCNC(=O)CCNC(=O)c3nc(NC(=O)CCNC(=O)c4cc(NC(=O)c5nc(NC(=O)CCNC(=O)c6cc(NC(=O)c7nccn7C)cn6C)cn5C)cn4C)cn3C)c(Cl)c1)n2C[C@H](C)N1CCOCC1. The summed E-state index contributed by atoms with van der Waals surface area (Å²) in [6.45, 7) is 13.5. The third-order valence-electron chi connectivity index (χ3n) is 17.7. The molecule has 109 heavy (non-hydrogen) atoms. The van der Waals surface area contributed by atoms with Gasteiger partial charge in [0.25, 0.3) is 29.5 Å². The first-order valence-corrected chi connectivity index (χ1v) is 36.1. The molecular weight excluding hydrogens is 1430 g/mol. The van der Waals surface area contributed by atoms with Gasteiger partial charge in [0.2, 0.25) is 29.4 Å². The van der Waals surface area contributed by atoms with Crippen molar-refractivity contribution in [1.29, 1.82) is 0 Å². The first kappa shape index (κ1) is 80.5. The van der Waals surface area contributed by atoms with E-state index in [9.17, 15) is 38.4 Å². The topological polar surface area (TPSA) is 399 Å². The number of amides is 8. The summed E-state index contributed by atoms with van der Waals surface area (Å²) in [7, 11) is 8.05. The average molecular weight is 1530 g/mol. The molecular formula is C73H93ClN20O15. The molecule has 8 N–H and O–H groups in total. The molecule has 0 aliphatic carbocycles. The van der Waals surface area contributed by atoms with Gasteiger partial charge in [-0.3, -0.25) is 43.3 Å². The van der Waals surface area contributed by atoms with Crippen LogP contribution in [0, 0.1) is 13.8 Å². The minimum Gasteiger partial charge on any atom is -0.490 e. The Morgan fingerprint density at radius 2 is 1.10 bits per heavy atom. The van der Waals surface area contributed by atoms with Gasteiger partial charge in [0, 0.05) is 156 Å². The number of anilines is 4. The molecule has 9 aromatic rings. The minimum atomic E-state index is -0.638. The van der Waals surface area contributed by atoms with Gasteiger partial charge in [-0.1, -0.05) is 28.9 Å². The smallest absolute Gasteiger partial charge is 0.291 e. The predicted octanol–water partition coefficient (Wildman–Crippen LogP) is 4.75. The summed E-state index contributed by atoms with van der Waals surface area (Å²) in [5.41, 5.74) is 7.05. The summed E-state index contributed by atoms with van der Waals surface area (Å²) < 4.78 is 49.3. The number of fused-ring (bicyclic) bond motifs is 1. The van der Waals surface area contributed by atoms with E-state index in [-0.39, 0.29) is 104 Å². The summed E-state index contributed by atoms with van der Waals surface area (Å²) in [5.74, 6) is -1.24. The lowest BCUT2D eigenvalue weighted by Gasteiger charge is -2.32. The van der Waals surface area contributed by atoms with Gasteiger partial charge in [-0.05, 0) is 74.7 Å². The number of aryl methyl sites for hydroxylation is 9. The lowest BCUT2D eigenvalue weighted by Crippen LogP contribution is -2.44. The summed E-state index contributed by atoms with van der Waals surface area (Å²) in [6, 6.07) is 15.5. The van der Waals surface area contributed by atoms with E-state index in [0.717, 1.165) is 90.7 Å². The normalized spacial score (nSPS) is 12.6. The molecule has 8 heterocycles. The van der Waals surface area contributed by atoms with Crippen LogP contribution in [0.1, 0.15) is 102 Å². The third kappa shape index (κ3) is 22.7. The highest BCUT2D eigenvalue weighted by Gasteiger charge is 2.25. The van der Waals surface area contributed by atoms with Crippen LogP contribution < -0.4 is 47.3 Å². The van der Waals surface area contributed by atoms with Gasteiger partial charge in [-0.2, -0.15) is 0 Å². The molecule has 7 aromatic heterocycles. The zero-order chi connectivity index (χ0) is 77.5. The minimum absolute atomic E-state index is 0.00347. The second-order valence-electron chi connectivity index (χ2n) is 25.9. The maximum Gasteiger partial charge on any atom is 0.291 e. The number of imidazole rings is 4. The fraction of sp³-hybridized carbons (Fsp3) is 0.438. The Kier molecular flexibility index (Phi) is 28.9. The molecule has 0 spiro atoms. The van der Waals surface area contributed by atoms with E-state index in [1.165, 1.54) is 55.2 Å². The second-order valence-corrected chi connectivity index (χ2v) is 26.3. The van der Waals surface area contributed by atoms with E-state index in [4.69, 9.17) is 49.5 Å². The number of carbonyl (C=O) groups is 8. The molecule has 10 rings (SSSR count). The fourth-order valence-corrected chi connectivity index (χ4v) is 12.4. The van der Waals surface area contributed by atoms with E-state index < -0.39 is 41.4 Å². The van der Waals surface area contributed by atoms with Gasteiger partial charge in [-0.15, -0.1) is 0 Å². The van der Waals surface area contributed by atoms with Gasteiger partial charge in [-0.25, -0.2) is 19.9 Å². The number of rotatable bonds is 41. The van der Waals surface area contributed by atoms with Gasteiger partial charge >= 0.3 is 0 Å². The molecule has 2 aromatic carbocycles. The maximum absolute atomic E-state index is 13.3. The molecule has 0 bridgehead atoms. The zero-order valence-corrected chi connectivity index (χ0v) is 63.0. The van der Waals surface area contributed by atoms with Gasteiger partial charge < -0.3 is 103 Å². The molecule has 1 aliphatic rings. The zero-order valence-electron chi connectivity index (χ0n) is 62.3. The molecule has 0 unspecified atom stereocenters. The molecule has 1 aliphatic heterocycles. The van der Waals surface area contributed by atoms with Crippen LogP contribution in [0.25, 0.3) is 22.2 Å². The second kappa shape index (κ2) is 39.2. The molecule has 1 atom stereocenters. The van der Waals surface area contributed by atoms with Crippen molar-refractivity contribution in [3.63, 3.8) is 0 Å². The quantitative estimate of drug-likeness (QED) is 0.0240. The molecule has 582 valence electrons. The molecule has 8 amide bonds. The van der Waals surface area contributed by atoms with Crippen molar-refractivity contribution in [3.8, 4) is 16.9 Å². The van der Waals surface area contributed by atoms with E-state index >= 15 is 0 Å². The third-order valence-corrected chi connectivity index (χ3v) is 18.0. The van der Waals surface area contributed by atoms with Crippen LogP contribution in [0.5, 0.6) is 5.75 Å². The standard InChI is InChI=1S/C73H93ClN20O15/c1-46(93-24-27-104-28-25-93)41-94-55-12-11-50(65-47(2)87-109-48(65)3)38-54(55)82-61(94)14-10-49-9-13-58(53(74)37-49)108-36-35-107-34-33-106-32-31-105-30-29-103-26-22-75-62(95)15-18-79-71(100)67-85-59(44-91(67)7)83-63(96)16-19-78-70(99)57-40-52(43-90(57)6)81-73(102)68-86-60(45-92(68)8)84-64(97)17-20-77-69(98)56-39-51(42-89(56)5)80-72(101)66-76-21-23-88(66)4/h9,11-13,21,23,37-40,42-46H,10,14-20,22,24-36,41H2,1-8H3,(H,75,95)(H,77,98)(H,78,99)(H,79,100)(H,80,101)(H,81,102)(H,83,96)(H,84,97)/t46-/m0/s1. The van der Waals surface area contributed by atoms with Gasteiger partial charge in [0.05, 0.1) is 99.2 Å². The number of aromatic nitrogens is 11. The van der Waals surface area contributed by atoms with Crippen molar-refractivity contribution in [2.75, 3.05) is 133 Å². The van der Waals surface area contributed by atoms with Crippen LogP contribution in [0.2, 0.25) is 5.02 Å². The Balaban J connectivity index is 0.520. The van der Waals surface area contributed by atoms with Crippen molar-refractivity contribution in [1.82, 2.24) is 78.7 Å². The van der Waals surface area contributed by atoms with Gasteiger partial charge in [0.1, 0.15) is 35.3 Å². The van der Waals surface area contributed by atoms with Crippen molar-refractivity contribution in [2.45, 2.75) is 65.5 Å². The van der Waals surface area contributed by atoms with E-state index in [0.29, 0.717) is 75.4 Å². The number of benzene rings is 2. The number of morpholine rings is 1. The van der Waals surface area contributed by atoms with Crippen LogP contribution in [0.3, 0.4) is 0 Å². The van der Waals surface area contributed by atoms with Gasteiger partial charge in [0.15, 0.2) is 17.5 Å². The molecule has 0 saturated carbocycles. The summed E-state index contributed by atoms with van der Waals surface area (Å²) in [6.07, 6.45) is 10.3. The highest BCUT2D eigenvalue weighted by Crippen LogP contribution is 2.32. The number of nitrogens with zero attached hydrogens (tertiary/aromatic N) is 12. The van der Waals surface area contributed by atoms with Crippen molar-refractivity contribution in [3.05, 3.63) is 142 Å². The van der Waals surface area contributed by atoms with E-state index in [1.807, 2.05) is 32.0 Å². The molecule has 0 radical (unpaired) electrons. The summed E-state index contributed by atoms with van der Waals surface area (Å²) in [5, 5.41) is 26.1. The molecule has 36 heteroatoms. The monoisotopic (exact) mass is 1520 g/mol. The van der Waals surface area contributed by atoms with Crippen LogP contribution >= 0.6 is 11.6 Å². The lowest BCUT2D eigenvalue weighted by atomic mass is 10.0. The molecule has 1 fully saturated rings. The largest absolute Gasteiger partial charge is 0.490 e. The Bertz CT molecular complexity index is 4630. The molecule has 35 nitrogen and oxygen atoms in total. The lowest BCUT2D eigenvalue weighted by molar-refractivity contribution is -0.121.